The van der Waals surface area contributed by atoms with E-state index in [-0.39, 0.29) is 0 Å². The predicted molar refractivity (Wildman–Crippen MR) is 78.5 cm³/mol. The van der Waals surface area contributed by atoms with E-state index in [9.17, 15) is 0 Å². The van der Waals surface area contributed by atoms with Crippen molar-refractivity contribution in [1.82, 2.24) is 4.90 Å². The molecule has 0 radical (unpaired) electrons. The van der Waals surface area contributed by atoms with Crippen LogP contribution in [-0.2, 0) is 17.7 Å². The summed E-state index contributed by atoms with van der Waals surface area (Å²) in [6.07, 6.45) is 6.09. The number of nitrogens with zero attached hydrogens (tertiary/aromatic N) is 1. The van der Waals surface area contributed by atoms with Gasteiger partial charge < -0.3 is 9.15 Å². The minimum atomic E-state index is 0.343. The second-order valence-electron chi connectivity index (χ2n) is 5.38. The Morgan fingerprint density at radius 1 is 1.10 bits per heavy atom. The first-order chi connectivity index (χ1) is 9.90. The highest BCUT2D eigenvalue weighted by Gasteiger charge is 2.20. The zero-order chi connectivity index (χ0) is 13.6. The third-order valence-corrected chi connectivity index (χ3v) is 3.81. The Hall–Kier alpha value is -1.58. The smallest absolute Gasteiger partial charge is 0.0947 e. The van der Waals surface area contributed by atoms with E-state index in [1.807, 2.05) is 12.3 Å². The maximum absolute atomic E-state index is 5.88. The van der Waals surface area contributed by atoms with Gasteiger partial charge in [0, 0.05) is 25.2 Å². The molecule has 1 aliphatic rings. The van der Waals surface area contributed by atoms with E-state index < -0.39 is 0 Å². The molecular formula is C17H21NO2. The van der Waals surface area contributed by atoms with Gasteiger partial charge in [-0.25, -0.2) is 0 Å². The normalized spacial score (nSPS) is 20.1. The monoisotopic (exact) mass is 271 g/mol. The van der Waals surface area contributed by atoms with E-state index in [1.54, 1.807) is 6.26 Å². The van der Waals surface area contributed by atoms with Crippen LogP contribution in [-0.4, -0.2) is 30.7 Å². The quantitative estimate of drug-likeness (QED) is 0.835. The highest BCUT2D eigenvalue weighted by molar-refractivity contribution is 5.14. The number of aryl methyl sites for hydroxylation is 1. The van der Waals surface area contributed by atoms with E-state index in [0.29, 0.717) is 6.10 Å². The number of rotatable bonds is 5. The first-order valence-electron chi connectivity index (χ1n) is 7.29. The van der Waals surface area contributed by atoms with Gasteiger partial charge in [-0.05, 0) is 24.5 Å². The van der Waals surface area contributed by atoms with Crippen molar-refractivity contribution in [3.05, 3.63) is 60.1 Å². The van der Waals surface area contributed by atoms with E-state index in [1.165, 1.54) is 11.1 Å². The molecular weight excluding hydrogens is 250 g/mol. The molecule has 0 amide bonds. The molecule has 1 aromatic carbocycles. The van der Waals surface area contributed by atoms with Crippen LogP contribution in [0.15, 0.2) is 53.3 Å². The Labute approximate surface area is 120 Å². The van der Waals surface area contributed by atoms with E-state index in [2.05, 4.69) is 35.2 Å². The van der Waals surface area contributed by atoms with Crippen molar-refractivity contribution in [2.75, 3.05) is 19.7 Å². The molecule has 20 heavy (non-hydrogen) atoms. The van der Waals surface area contributed by atoms with Crippen molar-refractivity contribution in [1.29, 1.82) is 0 Å². The second kappa shape index (κ2) is 6.73. The van der Waals surface area contributed by atoms with Crippen molar-refractivity contribution < 1.29 is 9.15 Å². The zero-order valence-corrected chi connectivity index (χ0v) is 11.7. The zero-order valence-electron chi connectivity index (χ0n) is 11.7. The summed E-state index contributed by atoms with van der Waals surface area (Å²) in [6, 6.07) is 12.7. The van der Waals surface area contributed by atoms with Crippen LogP contribution >= 0.6 is 0 Å². The highest BCUT2D eigenvalue weighted by Crippen LogP contribution is 2.15. The third kappa shape index (κ3) is 3.71. The summed E-state index contributed by atoms with van der Waals surface area (Å²) in [7, 11) is 0. The van der Waals surface area contributed by atoms with E-state index >= 15 is 0 Å². The summed E-state index contributed by atoms with van der Waals surface area (Å²) in [5.74, 6) is 0. The number of furan rings is 1. The minimum Gasteiger partial charge on any atom is -0.472 e. The van der Waals surface area contributed by atoms with Gasteiger partial charge in [0.2, 0.25) is 0 Å². The summed E-state index contributed by atoms with van der Waals surface area (Å²) >= 11 is 0. The molecule has 0 saturated carbocycles. The van der Waals surface area contributed by atoms with Crippen molar-refractivity contribution in [2.45, 2.75) is 25.5 Å². The number of morpholine rings is 1. The van der Waals surface area contributed by atoms with Gasteiger partial charge in [-0.2, -0.15) is 0 Å². The van der Waals surface area contributed by atoms with Gasteiger partial charge in [0.05, 0.1) is 25.2 Å². The molecule has 1 atom stereocenters. The molecule has 2 heterocycles. The summed E-state index contributed by atoms with van der Waals surface area (Å²) in [5.41, 5.74) is 2.64. The molecule has 1 aromatic heterocycles. The number of hydrogen-bond donors (Lipinski definition) is 0. The first-order valence-corrected chi connectivity index (χ1v) is 7.29. The third-order valence-electron chi connectivity index (χ3n) is 3.81. The number of hydrogen-bond acceptors (Lipinski definition) is 3. The molecule has 1 unspecified atom stereocenters. The fourth-order valence-electron chi connectivity index (χ4n) is 2.71. The van der Waals surface area contributed by atoms with Crippen LogP contribution in [0.3, 0.4) is 0 Å². The fraction of sp³-hybridized carbons (Fsp3) is 0.412. The molecule has 0 aliphatic carbocycles. The van der Waals surface area contributed by atoms with E-state index in [0.717, 1.165) is 39.1 Å². The molecule has 3 rings (SSSR count). The van der Waals surface area contributed by atoms with Gasteiger partial charge in [-0.15, -0.1) is 0 Å². The highest BCUT2D eigenvalue weighted by atomic mass is 16.5. The topological polar surface area (TPSA) is 25.6 Å². The van der Waals surface area contributed by atoms with Crippen LogP contribution in [0.4, 0.5) is 0 Å². The summed E-state index contributed by atoms with van der Waals surface area (Å²) in [6.45, 7) is 3.81. The van der Waals surface area contributed by atoms with Gasteiger partial charge in [0.15, 0.2) is 0 Å². The van der Waals surface area contributed by atoms with Gasteiger partial charge in [-0.3, -0.25) is 4.90 Å². The molecule has 0 bridgehead atoms. The van der Waals surface area contributed by atoms with E-state index in [4.69, 9.17) is 9.15 Å². The minimum absolute atomic E-state index is 0.343. The second-order valence-corrected chi connectivity index (χ2v) is 5.38. The van der Waals surface area contributed by atoms with Crippen LogP contribution in [0.5, 0.6) is 0 Å². The molecule has 1 aliphatic heterocycles. The van der Waals surface area contributed by atoms with Crippen LogP contribution in [0.1, 0.15) is 17.5 Å². The maximum Gasteiger partial charge on any atom is 0.0947 e. The van der Waals surface area contributed by atoms with Crippen molar-refractivity contribution in [3.8, 4) is 0 Å². The first kappa shape index (κ1) is 13.4. The Bertz CT molecular complexity index is 495. The molecule has 106 valence electrons. The molecule has 1 saturated heterocycles. The number of ether oxygens (including phenoxy) is 1. The Morgan fingerprint density at radius 2 is 2.00 bits per heavy atom. The van der Waals surface area contributed by atoms with Gasteiger partial charge >= 0.3 is 0 Å². The molecule has 3 heteroatoms. The predicted octanol–water partition coefficient (Wildman–Crippen LogP) is 3.11. The standard InChI is InChI=1S/C17H21NO2/c1-2-4-15(5-3-1)6-7-17-13-18(9-11-20-17)12-16-8-10-19-14-16/h1-5,8,10,14,17H,6-7,9,11-13H2. The van der Waals surface area contributed by atoms with Crippen LogP contribution in [0.2, 0.25) is 0 Å². The van der Waals surface area contributed by atoms with Crippen molar-refractivity contribution >= 4 is 0 Å². The average Bonchev–Trinajstić information content (AvgIpc) is 3.00. The molecule has 0 N–H and O–H groups in total. The SMILES string of the molecule is c1ccc(CCC2CN(Cc3ccoc3)CCO2)cc1. The Balaban J connectivity index is 1.48. The van der Waals surface area contributed by atoms with Gasteiger partial charge in [0.25, 0.3) is 0 Å². The Kier molecular flexibility index (Phi) is 4.51. The lowest BCUT2D eigenvalue weighted by atomic mass is 10.1. The fourth-order valence-corrected chi connectivity index (χ4v) is 2.71. The molecule has 2 aromatic rings. The van der Waals surface area contributed by atoms with Crippen molar-refractivity contribution in [3.63, 3.8) is 0 Å². The van der Waals surface area contributed by atoms with Gasteiger partial charge in [0.1, 0.15) is 0 Å². The summed E-state index contributed by atoms with van der Waals surface area (Å²) < 4.78 is 11.0. The molecule has 3 nitrogen and oxygen atoms in total. The lowest BCUT2D eigenvalue weighted by Crippen LogP contribution is -2.42. The average molecular weight is 271 g/mol. The van der Waals surface area contributed by atoms with Gasteiger partial charge in [-0.1, -0.05) is 30.3 Å². The van der Waals surface area contributed by atoms with Crippen LogP contribution in [0, 0.1) is 0 Å². The largest absolute Gasteiger partial charge is 0.472 e. The van der Waals surface area contributed by atoms with Crippen molar-refractivity contribution in [2.24, 2.45) is 0 Å². The van der Waals surface area contributed by atoms with Crippen LogP contribution < -0.4 is 0 Å². The Morgan fingerprint density at radius 3 is 2.80 bits per heavy atom. The lowest BCUT2D eigenvalue weighted by Gasteiger charge is -2.32. The summed E-state index contributed by atoms with van der Waals surface area (Å²) in [4.78, 5) is 2.45. The number of benzene rings is 1. The summed E-state index contributed by atoms with van der Waals surface area (Å²) in [5, 5.41) is 0. The molecule has 0 spiro atoms. The maximum atomic E-state index is 5.88. The lowest BCUT2D eigenvalue weighted by molar-refractivity contribution is -0.0346. The molecule has 1 fully saturated rings. The van der Waals surface area contributed by atoms with Crippen LogP contribution in [0.25, 0.3) is 0 Å².